The van der Waals surface area contributed by atoms with Crippen LogP contribution in [0.15, 0.2) is 39.3 Å². The lowest BCUT2D eigenvalue weighted by atomic mass is 9.64. The molecule has 1 saturated carbocycles. The van der Waals surface area contributed by atoms with Crippen LogP contribution in [0.3, 0.4) is 0 Å². The Morgan fingerprint density at radius 2 is 2.23 bits per heavy atom. The molecule has 2 amide bonds. The highest BCUT2D eigenvalue weighted by Crippen LogP contribution is 2.43. The van der Waals surface area contributed by atoms with Gasteiger partial charge in [0.1, 0.15) is 5.76 Å². The molecule has 1 aliphatic carbocycles. The van der Waals surface area contributed by atoms with Gasteiger partial charge in [-0.15, -0.1) is 0 Å². The molecule has 6 heteroatoms. The Bertz CT molecular complexity index is 680. The molecule has 2 aromatic rings. The molecule has 1 heterocycles. The molecule has 1 aromatic heterocycles. The summed E-state index contributed by atoms with van der Waals surface area (Å²) in [5, 5.41) is 9.39. The summed E-state index contributed by atoms with van der Waals surface area (Å²) in [5.41, 5.74) is 1.31. The van der Waals surface area contributed by atoms with Gasteiger partial charge in [0.2, 0.25) is 0 Å². The van der Waals surface area contributed by atoms with Crippen molar-refractivity contribution in [1.82, 2.24) is 10.5 Å². The average Bonchev–Trinajstić information content (AvgIpc) is 2.83. The first-order valence-electron chi connectivity index (χ1n) is 7.32. The second kappa shape index (κ2) is 6.12. The van der Waals surface area contributed by atoms with Gasteiger partial charge in [-0.25, -0.2) is 4.79 Å². The summed E-state index contributed by atoms with van der Waals surface area (Å²) in [6.07, 6.45) is 3.37. The minimum absolute atomic E-state index is 0.0425. The van der Waals surface area contributed by atoms with E-state index in [1.165, 1.54) is 12.0 Å². The lowest BCUT2D eigenvalue weighted by Gasteiger charge is -2.42. The minimum Gasteiger partial charge on any atom is -0.360 e. The van der Waals surface area contributed by atoms with Gasteiger partial charge in [-0.3, -0.25) is 5.32 Å². The van der Waals surface area contributed by atoms with Crippen LogP contribution in [-0.2, 0) is 5.41 Å². The van der Waals surface area contributed by atoms with E-state index in [2.05, 4.69) is 43.9 Å². The number of amides is 2. The minimum atomic E-state index is -0.255. The number of rotatable bonds is 4. The third-order valence-corrected chi connectivity index (χ3v) is 4.70. The number of benzene rings is 1. The molecule has 1 aromatic carbocycles. The zero-order chi connectivity index (χ0) is 15.6. The van der Waals surface area contributed by atoms with Gasteiger partial charge in [-0.2, -0.15) is 0 Å². The third-order valence-electron chi connectivity index (χ3n) is 4.20. The van der Waals surface area contributed by atoms with E-state index in [9.17, 15) is 4.79 Å². The van der Waals surface area contributed by atoms with Crippen molar-refractivity contribution >= 4 is 27.8 Å². The maximum Gasteiger partial charge on any atom is 0.320 e. The Hall–Kier alpha value is -1.82. The smallest absolute Gasteiger partial charge is 0.320 e. The second-order valence-electron chi connectivity index (χ2n) is 5.77. The first-order chi connectivity index (χ1) is 10.6. The molecular weight excluding hydrogens is 346 g/mol. The van der Waals surface area contributed by atoms with Gasteiger partial charge in [0, 0.05) is 22.5 Å². The number of nitrogens with one attached hydrogen (secondary N) is 2. The fraction of sp³-hybridized carbons (Fsp3) is 0.375. The zero-order valence-electron chi connectivity index (χ0n) is 12.4. The van der Waals surface area contributed by atoms with E-state index in [1.807, 2.05) is 12.1 Å². The molecule has 0 saturated heterocycles. The Kier molecular flexibility index (Phi) is 4.20. The van der Waals surface area contributed by atoms with Crippen molar-refractivity contribution < 1.29 is 9.32 Å². The molecule has 0 spiro atoms. The number of carbonyl (C=O) groups excluding carboxylic acids is 1. The molecule has 0 bridgehead atoms. The van der Waals surface area contributed by atoms with Crippen molar-refractivity contribution in [3.05, 3.63) is 46.1 Å². The first-order valence-corrected chi connectivity index (χ1v) is 8.11. The highest BCUT2D eigenvalue weighted by atomic mass is 79.9. The van der Waals surface area contributed by atoms with Crippen molar-refractivity contribution in [3.8, 4) is 0 Å². The number of halogens is 1. The van der Waals surface area contributed by atoms with E-state index < -0.39 is 0 Å². The topological polar surface area (TPSA) is 67.2 Å². The van der Waals surface area contributed by atoms with Crippen LogP contribution >= 0.6 is 15.9 Å². The van der Waals surface area contributed by atoms with E-state index in [0.717, 1.165) is 17.3 Å². The Morgan fingerprint density at radius 1 is 1.41 bits per heavy atom. The van der Waals surface area contributed by atoms with Crippen LogP contribution in [0.2, 0.25) is 0 Å². The van der Waals surface area contributed by atoms with E-state index in [0.29, 0.717) is 18.1 Å². The van der Waals surface area contributed by atoms with Crippen molar-refractivity contribution in [2.45, 2.75) is 31.6 Å². The molecule has 22 heavy (non-hydrogen) atoms. The molecule has 5 nitrogen and oxygen atoms in total. The summed E-state index contributed by atoms with van der Waals surface area (Å²) in [6, 6.07) is 9.76. The van der Waals surface area contributed by atoms with Crippen molar-refractivity contribution in [1.29, 1.82) is 0 Å². The molecule has 0 aliphatic heterocycles. The molecule has 2 N–H and O–H groups in total. The Balaban J connectivity index is 1.62. The monoisotopic (exact) mass is 363 g/mol. The number of aryl methyl sites for hydroxylation is 1. The van der Waals surface area contributed by atoms with Gasteiger partial charge >= 0.3 is 6.03 Å². The van der Waals surface area contributed by atoms with Crippen molar-refractivity contribution in [2.24, 2.45) is 0 Å². The highest BCUT2D eigenvalue weighted by Gasteiger charge is 2.38. The van der Waals surface area contributed by atoms with Crippen molar-refractivity contribution in [2.75, 3.05) is 11.9 Å². The predicted molar refractivity (Wildman–Crippen MR) is 87.9 cm³/mol. The fourth-order valence-corrected chi connectivity index (χ4v) is 3.22. The van der Waals surface area contributed by atoms with Gasteiger partial charge in [0.05, 0.1) is 0 Å². The van der Waals surface area contributed by atoms with Crippen LogP contribution < -0.4 is 10.6 Å². The van der Waals surface area contributed by atoms with Gasteiger partial charge in [-0.1, -0.05) is 39.6 Å². The van der Waals surface area contributed by atoms with Crippen LogP contribution in [0, 0.1) is 6.92 Å². The summed E-state index contributed by atoms with van der Waals surface area (Å²) >= 11 is 3.52. The molecule has 0 radical (unpaired) electrons. The van der Waals surface area contributed by atoms with Gasteiger partial charge in [0.25, 0.3) is 0 Å². The number of aromatic nitrogens is 1. The number of hydrogen-bond acceptors (Lipinski definition) is 3. The summed E-state index contributed by atoms with van der Waals surface area (Å²) in [5.74, 6) is 1.10. The molecule has 3 rings (SSSR count). The Morgan fingerprint density at radius 3 is 2.82 bits per heavy atom. The van der Waals surface area contributed by atoms with E-state index in [1.54, 1.807) is 13.0 Å². The molecule has 0 unspecified atom stereocenters. The molecule has 0 atom stereocenters. The molecule has 1 aliphatic rings. The van der Waals surface area contributed by atoms with Crippen LogP contribution in [0.4, 0.5) is 10.6 Å². The number of anilines is 1. The van der Waals surface area contributed by atoms with Crippen LogP contribution in [-0.4, -0.2) is 17.7 Å². The normalized spacial score (nSPS) is 15.9. The molecular formula is C16H18BrN3O2. The maximum atomic E-state index is 12.0. The second-order valence-corrected chi connectivity index (χ2v) is 6.69. The summed E-state index contributed by atoms with van der Waals surface area (Å²) in [4.78, 5) is 12.0. The van der Waals surface area contributed by atoms with Gasteiger partial charge in [-0.05, 0) is 37.5 Å². The standard InChI is InChI=1S/C16H18BrN3O2/c1-11-8-14(20-22-11)19-15(21)18-10-16(6-3-7-16)12-4-2-5-13(17)9-12/h2,4-5,8-9H,3,6-7,10H2,1H3,(H2,18,19,20,21). The summed E-state index contributed by atoms with van der Waals surface area (Å²) in [7, 11) is 0. The Labute approximate surface area is 137 Å². The third kappa shape index (κ3) is 3.16. The van der Waals surface area contributed by atoms with E-state index >= 15 is 0 Å². The SMILES string of the molecule is Cc1cc(NC(=O)NCC2(c3cccc(Br)c3)CCC2)no1. The zero-order valence-corrected chi connectivity index (χ0v) is 13.9. The molecule has 1 fully saturated rings. The number of hydrogen-bond donors (Lipinski definition) is 2. The lowest BCUT2D eigenvalue weighted by molar-refractivity contribution is 0.221. The summed E-state index contributed by atoms with van der Waals surface area (Å²) < 4.78 is 6.00. The first kappa shape index (κ1) is 15.1. The maximum absolute atomic E-state index is 12.0. The van der Waals surface area contributed by atoms with Crippen LogP contribution in [0.5, 0.6) is 0 Å². The highest BCUT2D eigenvalue weighted by molar-refractivity contribution is 9.10. The van der Waals surface area contributed by atoms with Crippen molar-refractivity contribution in [3.63, 3.8) is 0 Å². The van der Waals surface area contributed by atoms with Crippen LogP contribution in [0.1, 0.15) is 30.6 Å². The average molecular weight is 364 g/mol. The predicted octanol–water partition coefficient (Wildman–Crippen LogP) is 3.99. The summed E-state index contributed by atoms with van der Waals surface area (Å²) in [6.45, 7) is 2.40. The van der Waals surface area contributed by atoms with E-state index in [-0.39, 0.29) is 11.4 Å². The van der Waals surface area contributed by atoms with Gasteiger partial charge < -0.3 is 9.84 Å². The van der Waals surface area contributed by atoms with E-state index in [4.69, 9.17) is 4.52 Å². The van der Waals surface area contributed by atoms with Gasteiger partial charge in [0.15, 0.2) is 5.82 Å². The molecule has 116 valence electrons. The largest absolute Gasteiger partial charge is 0.360 e. The lowest BCUT2D eigenvalue weighted by Crippen LogP contribution is -2.46. The number of nitrogens with zero attached hydrogens (tertiary/aromatic N) is 1. The number of carbonyl (C=O) groups is 1. The quantitative estimate of drug-likeness (QED) is 0.862. The fourth-order valence-electron chi connectivity index (χ4n) is 2.82. The van der Waals surface area contributed by atoms with Crippen LogP contribution in [0.25, 0.3) is 0 Å². The number of urea groups is 1.